The Bertz CT molecular complexity index is 954. The molecule has 26 heavy (non-hydrogen) atoms. The van der Waals surface area contributed by atoms with E-state index >= 15 is 0 Å². The zero-order chi connectivity index (χ0) is 19.1. The van der Waals surface area contributed by atoms with E-state index in [0.29, 0.717) is 18.8 Å². The van der Waals surface area contributed by atoms with Crippen LogP contribution in [0.4, 0.5) is 11.5 Å². The highest BCUT2D eigenvalue weighted by molar-refractivity contribution is 7.91. The maximum absolute atomic E-state index is 11.8. The fourth-order valence-electron chi connectivity index (χ4n) is 3.44. The second-order valence-corrected chi connectivity index (χ2v) is 8.90. The highest BCUT2D eigenvalue weighted by Crippen LogP contribution is 2.28. The van der Waals surface area contributed by atoms with Crippen LogP contribution in [-0.4, -0.2) is 41.7 Å². The first-order valence-electron chi connectivity index (χ1n) is 8.31. The van der Waals surface area contributed by atoms with Gasteiger partial charge in [-0.25, -0.2) is 13.4 Å². The molecule has 2 aromatic heterocycles. The van der Waals surface area contributed by atoms with Gasteiger partial charge in [0.25, 0.3) is 0 Å². The molecule has 1 aliphatic rings. The van der Waals surface area contributed by atoms with Gasteiger partial charge in [0, 0.05) is 17.3 Å². The fourth-order valence-corrected chi connectivity index (χ4v) is 5.13. The smallest absolute Gasteiger partial charge is 0.265 e. The molecule has 0 spiro atoms. The lowest BCUT2D eigenvalue weighted by Crippen LogP contribution is -2.26. The van der Waals surface area contributed by atoms with Crippen molar-refractivity contribution in [1.29, 1.82) is 0 Å². The van der Waals surface area contributed by atoms with Crippen molar-refractivity contribution in [3.8, 4) is 0 Å². The number of aromatic nitrogens is 3. The summed E-state index contributed by atoms with van der Waals surface area (Å²) in [5.74, 6) is 0.714. The summed E-state index contributed by atoms with van der Waals surface area (Å²) in [4.78, 5) is 15.5. The molecule has 9 nitrogen and oxygen atoms in total. The van der Waals surface area contributed by atoms with Gasteiger partial charge in [-0.3, -0.25) is 19.7 Å². The first-order valence-corrected chi connectivity index (χ1v) is 10.1. The Balaban J connectivity index is 1.88. The number of hydrogen-bond donors (Lipinski definition) is 0. The average molecular weight is 380 g/mol. The Morgan fingerprint density at radius 1 is 1.46 bits per heavy atom. The van der Waals surface area contributed by atoms with Crippen molar-refractivity contribution in [1.82, 2.24) is 9.78 Å². The van der Waals surface area contributed by atoms with Crippen molar-refractivity contribution in [2.75, 3.05) is 23.5 Å². The topological polar surface area (TPSA) is 112 Å². The Kier molecular flexibility index (Phi) is 4.70. The van der Waals surface area contributed by atoms with Gasteiger partial charge in [0.2, 0.25) is 0 Å². The minimum Gasteiger partial charge on any atom is -0.265 e. The fraction of sp³-hybridized carbons (Fsp3) is 0.500. The molecule has 1 N–H and O–H groups in total. The zero-order valence-electron chi connectivity index (χ0n) is 15.0. The van der Waals surface area contributed by atoms with E-state index in [1.165, 1.54) is 6.07 Å². The molecular formula is C16H22N5O4S+. The van der Waals surface area contributed by atoms with Gasteiger partial charge in [0.1, 0.15) is 6.54 Å². The highest BCUT2D eigenvalue weighted by atomic mass is 32.2. The van der Waals surface area contributed by atoms with Crippen molar-refractivity contribution < 1.29 is 18.3 Å². The van der Waals surface area contributed by atoms with Gasteiger partial charge in [-0.1, -0.05) is 0 Å². The summed E-state index contributed by atoms with van der Waals surface area (Å²) >= 11 is 0. The van der Waals surface area contributed by atoms with E-state index < -0.39 is 14.8 Å². The molecule has 0 bridgehead atoms. The van der Waals surface area contributed by atoms with Crippen LogP contribution in [-0.2, 0) is 16.4 Å². The van der Waals surface area contributed by atoms with Gasteiger partial charge in [-0.2, -0.15) is 5.10 Å². The van der Waals surface area contributed by atoms with Crippen LogP contribution in [0.25, 0.3) is 0 Å². The molecule has 1 atom stereocenters. The van der Waals surface area contributed by atoms with E-state index in [1.54, 1.807) is 28.9 Å². The number of nitro groups is 1. The molecule has 1 aliphatic heterocycles. The number of H-pyrrole nitrogens is 1. The summed E-state index contributed by atoms with van der Waals surface area (Å²) in [6.07, 6.45) is 2.21. The summed E-state index contributed by atoms with van der Waals surface area (Å²) in [5, 5.41) is 15.8. The summed E-state index contributed by atoms with van der Waals surface area (Å²) < 4.78 is 25.3. The summed E-state index contributed by atoms with van der Waals surface area (Å²) in [7, 11) is -1.22. The monoisotopic (exact) mass is 380 g/mol. The van der Waals surface area contributed by atoms with Crippen LogP contribution >= 0.6 is 0 Å². The van der Waals surface area contributed by atoms with Crippen LogP contribution in [0.5, 0.6) is 0 Å². The first kappa shape index (κ1) is 18.3. The number of nitrogens with zero attached hydrogens (tertiary/aromatic N) is 4. The Labute approximate surface area is 151 Å². The van der Waals surface area contributed by atoms with E-state index in [9.17, 15) is 18.5 Å². The number of aryl methyl sites for hydroxylation is 1. The van der Waals surface area contributed by atoms with Crippen molar-refractivity contribution in [2.24, 2.45) is 0 Å². The summed E-state index contributed by atoms with van der Waals surface area (Å²) in [6.45, 7) is 4.22. The predicted molar refractivity (Wildman–Crippen MR) is 95.8 cm³/mol. The zero-order valence-corrected chi connectivity index (χ0v) is 15.8. The third kappa shape index (κ3) is 3.41. The molecular weight excluding hydrogens is 358 g/mol. The van der Waals surface area contributed by atoms with Crippen LogP contribution in [0.1, 0.15) is 29.4 Å². The second kappa shape index (κ2) is 6.67. The SMILES string of the molecule is Cc1nn([C@H]2CCS(=O)(=O)C2)c(C)c1CN(C)c1[nH+]cccc1[N+](=O)[O-]. The summed E-state index contributed by atoms with van der Waals surface area (Å²) in [5.41, 5.74) is 2.65. The molecule has 3 rings (SSSR count). The molecule has 0 radical (unpaired) electrons. The Morgan fingerprint density at radius 3 is 2.81 bits per heavy atom. The van der Waals surface area contributed by atoms with Crippen molar-refractivity contribution >= 4 is 21.3 Å². The minimum absolute atomic E-state index is 0.000385. The number of nitrogens with one attached hydrogen (secondary N) is 1. The quantitative estimate of drug-likeness (QED) is 0.569. The molecule has 0 amide bonds. The normalized spacial score (nSPS) is 18.8. The molecule has 0 unspecified atom stereocenters. The molecule has 3 heterocycles. The standard InChI is InChI=1S/C16H21N5O4S/c1-11-14(9-19(3)16-15(21(22)23)5-4-7-17-16)12(2)20(18-11)13-6-8-26(24,25)10-13/h4-5,7,13H,6,8-10H2,1-3H3/p+1/t13-/m0/s1. The first-order chi connectivity index (χ1) is 12.2. The molecule has 0 aliphatic carbocycles. The molecule has 1 saturated heterocycles. The van der Waals surface area contributed by atoms with E-state index in [2.05, 4.69) is 10.1 Å². The summed E-state index contributed by atoms with van der Waals surface area (Å²) in [6, 6.07) is 2.90. The maximum atomic E-state index is 11.8. The second-order valence-electron chi connectivity index (χ2n) is 6.67. The van der Waals surface area contributed by atoms with Crippen molar-refractivity contribution in [3.05, 3.63) is 45.4 Å². The van der Waals surface area contributed by atoms with Crippen LogP contribution < -0.4 is 9.88 Å². The van der Waals surface area contributed by atoms with E-state index in [4.69, 9.17) is 0 Å². The van der Waals surface area contributed by atoms with Gasteiger partial charge in [-0.15, -0.1) is 0 Å². The Hall–Kier alpha value is -2.49. The number of sulfone groups is 1. The van der Waals surface area contributed by atoms with Gasteiger partial charge < -0.3 is 0 Å². The highest BCUT2D eigenvalue weighted by Gasteiger charge is 2.32. The number of hydrogen-bond acceptors (Lipinski definition) is 6. The van der Waals surface area contributed by atoms with Crippen LogP contribution in [0, 0.1) is 24.0 Å². The number of pyridine rings is 1. The third-order valence-corrected chi connectivity index (χ3v) is 6.57. The number of anilines is 1. The predicted octanol–water partition coefficient (Wildman–Crippen LogP) is 1.22. The molecule has 0 aromatic carbocycles. The largest absolute Gasteiger partial charge is 0.357 e. The molecule has 140 valence electrons. The minimum atomic E-state index is -3.00. The van der Waals surface area contributed by atoms with Gasteiger partial charge in [0.15, 0.2) is 9.84 Å². The van der Waals surface area contributed by atoms with Gasteiger partial charge in [0.05, 0.1) is 41.4 Å². The Morgan fingerprint density at radius 2 is 2.19 bits per heavy atom. The van der Waals surface area contributed by atoms with E-state index in [1.807, 2.05) is 13.8 Å². The molecule has 2 aromatic rings. The maximum Gasteiger partial charge on any atom is 0.357 e. The van der Waals surface area contributed by atoms with Crippen molar-refractivity contribution in [2.45, 2.75) is 32.9 Å². The average Bonchev–Trinajstić information content (AvgIpc) is 3.08. The number of aromatic amines is 1. The van der Waals surface area contributed by atoms with E-state index in [0.717, 1.165) is 17.0 Å². The van der Waals surface area contributed by atoms with Crippen LogP contribution in [0.3, 0.4) is 0 Å². The molecule has 1 fully saturated rings. The lowest BCUT2D eigenvalue weighted by atomic mass is 10.1. The lowest BCUT2D eigenvalue weighted by molar-refractivity contribution is -0.411. The van der Waals surface area contributed by atoms with Gasteiger partial charge >= 0.3 is 11.5 Å². The van der Waals surface area contributed by atoms with Gasteiger partial charge in [-0.05, 0) is 26.3 Å². The molecule has 0 saturated carbocycles. The molecule has 10 heteroatoms. The number of rotatable bonds is 5. The van der Waals surface area contributed by atoms with Crippen molar-refractivity contribution in [3.63, 3.8) is 0 Å². The third-order valence-electron chi connectivity index (χ3n) is 4.82. The lowest BCUT2D eigenvalue weighted by Gasteiger charge is -2.13. The van der Waals surface area contributed by atoms with Crippen LogP contribution in [0.2, 0.25) is 0 Å². The van der Waals surface area contributed by atoms with Crippen LogP contribution in [0.15, 0.2) is 18.3 Å². The van der Waals surface area contributed by atoms with E-state index in [-0.39, 0.29) is 23.2 Å².